The minimum atomic E-state index is -0.178. The smallest absolute Gasteiger partial charge is 0.0409 e. The van der Waals surface area contributed by atoms with E-state index in [2.05, 4.69) is 52.0 Å². The van der Waals surface area contributed by atoms with Gasteiger partial charge in [-0.2, -0.15) is 0 Å². The highest BCUT2D eigenvalue weighted by molar-refractivity contribution is 5.28. The number of hydrogen-bond donors (Lipinski definition) is 1. The molecule has 18 heavy (non-hydrogen) atoms. The summed E-state index contributed by atoms with van der Waals surface area (Å²) >= 11 is 0. The first-order valence-corrected chi connectivity index (χ1v) is 7.27. The van der Waals surface area contributed by atoms with Crippen LogP contribution < -0.4 is 5.73 Å². The van der Waals surface area contributed by atoms with E-state index in [0.29, 0.717) is 5.92 Å². The fraction of sp³-hybridized carbons (Fsp3) is 0.647. The van der Waals surface area contributed by atoms with Crippen molar-refractivity contribution in [2.75, 3.05) is 0 Å². The third kappa shape index (κ3) is 2.61. The summed E-state index contributed by atoms with van der Waals surface area (Å²) < 4.78 is 0. The van der Waals surface area contributed by atoms with Gasteiger partial charge in [0.2, 0.25) is 0 Å². The number of benzene rings is 1. The maximum absolute atomic E-state index is 6.67. The quantitative estimate of drug-likeness (QED) is 0.828. The van der Waals surface area contributed by atoms with Crippen molar-refractivity contribution < 1.29 is 0 Å². The second-order valence-corrected chi connectivity index (χ2v) is 6.61. The lowest BCUT2D eigenvalue weighted by atomic mass is 9.67. The molecule has 1 aromatic carbocycles. The first kappa shape index (κ1) is 13.6. The van der Waals surface area contributed by atoms with Crippen LogP contribution in [0.1, 0.15) is 51.2 Å². The normalized spacial score (nSPS) is 31.9. The third-order valence-electron chi connectivity index (χ3n) is 5.12. The highest BCUT2D eigenvalue weighted by Crippen LogP contribution is 2.41. The van der Waals surface area contributed by atoms with Crippen molar-refractivity contribution >= 4 is 0 Å². The van der Waals surface area contributed by atoms with Gasteiger partial charge in [-0.1, -0.05) is 50.1 Å². The van der Waals surface area contributed by atoms with E-state index < -0.39 is 0 Å². The van der Waals surface area contributed by atoms with Crippen LogP contribution >= 0.6 is 0 Å². The van der Waals surface area contributed by atoms with Crippen molar-refractivity contribution in [1.82, 2.24) is 0 Å². The van der Waals surface area contributed by atoms with E-state index in [4.69, 9.17) is 5.73 Å². The Hall–Kier alpha value is -0.820. The average Bonchev–Trinajstić information content (AvgIpc) is 2.33. The van der Waals surface area contributed by atoms with E-state index in [1.807, 2.05) is 0 Å². The molecule has 0 amide bonds. The predicted molar refractivity (Wildman–Crippen MR) is 78.4 cm³/mol. The van der Waals surface area contributed by atoms with Crippen LogP contribution in [0.4, 0.5) is 0 Å². The Balaban J connectivity index is 2.17. The Morgan fingerprint density at radius 3 is 2.22 bits per heavy atom. The molecular weight excluding hydrogens is 218 g/mol. The summed E-state index contributed by atoms with van der Waals surface area (Å²) in [6.07, 6.45) is 3.86. The summed E-state index contributed by atoms with van der Waals surface area (Å²) in [7, 11) is 0. The lowest BCUT2D eigenvalue weighted by Gasteiger charge is -2.41. The molecule has 0 heterocycles. The predicted octanol–water partition coefficient (Wildman–Crippen LogP) is 4.24. The van der Waals surface area contributed by atoms with E-state index in [1.165, 1.54) is 30.4 Å². The molecular formula is C17H27N. The molecule has 0 saturated heterocycles. The first-order valence-electron chi connectivity index (χ1n) is 7.27. The summed E-state index contributed by atoms with van der Waals surface area (Å²) in [4.78, 5) is 0. The second-order valence-electron chi connectivity index (χ2n) is 6.61. The van der Waals surface area contributed by atoms with Crippen molar-refractivity contribution in [1.29, 1.82) is 0 Å². The lowest BCUT2D eigenvalue weighted by Crippen LogP contribution is -2.44. The fourth-order valence-corrected chi connectivity index (χ4v) is 3.24. The maximum Gasteiger partial charge on any atom is 0.0409 e. The Bertz CT molecular complexity index is 391. The van der Waals surface area contributed by atoms with Crippen LogP contribution in [0, 0.1) is 24.7 Å². The zero-order valence-corrected chi connectivity index (χ0v) is 12.2. The first-order chi connectivity index (χ1) is 8.41. The number of rotatable bonds is 2. The molecule has 1 heteroatoms. The van der Waals surface area contributed by atoms with E-state index in [0.717, 1.165) is 11.8 Å². The average molecular weight is 245 g/mol. The number of nitrogens with two attached hydrogens (primary N) is 1. The zero-order chi connectivity index (χ0) is 13.3. The molecule has 1 nitrogen and oxygen atoms in total. The minimum absolute atomic E-state index is 0.178. The summed E-state index contributed by atoms with van der Waals surface area (Å²) in [6, 6.07) is 8.76. The third-order valence-corrected chi connectivity index (χ3v) is 5.12. The molecule has 100 valence electrons. The van der Waals surface area contributed by atoms with Gasteiger partial charge in [-0.05, 0) is 50.0 Å². The molecule has 0 bridgehead atoms. The molecule has 1 aliphatic carbocycles. The van der Waals surface area contributed by atoms with E-state index in [9.17, 15) is 0 Å². The number of aryl methyl sites for hydroxylation is 1. The topological polar surface area (TPSA) is 26.0 Å². The van der Waals surface area contributed by atoms with Crippen molar-refractivity contribution in [2.24, 2.45) is 23.5 Å². The summed E-state index contributed by atoms with van der Waals surface area (Å²) in [5, 5.41) is 0. The molecule has 1 aromatic rings. The molecule has 2 rings (SSSR count). The van der Waals surface area contributed by atoms with Gasteiger partial charge in [0.1, 0.15) is 0 Å². The van der Waals surface area contributed by atoms with E-state index in [1.54, 1.807) is 0 Å². The molecule has 0 aliphatic heterocycles. The number of hydrogen-bond acceptors (Lipinski definition) is 1. The van der Waals surface area contributed by atoms with E-state index >= 15 is 0 Å². The fourth-order valence-electron chi connectivity index (χ4n) is 3.24. The van der Waals surface area contributed by atoms with Crippen molar-refractivity contribution in [2.45, 2.75) is 52.5 Å². The van der Waals surface area contributed by atoms with Crippen LogP contribution in [-0.2, 0) is 5.54 Å². The molecule has 1 fully saturated rings. The van der Waals surface area contributed by atoms with Crippen molar-refractivity contribution in [3.63, 3.8) is 0 Å². The van der Waals surface area contributed by atoms with Crippen LogP contribution in [-0.4, -0.2) is 0 Å². The lowest BCUT2D eigenvalue weighted by molar-refractivity contribution is 0.142. The summed E-state index contributed by atoms with van der Waals surface area (Å²) in [6.45, 7) is 9.09. The summed E-state index contributed by atoms with van der Waals surface area (Å²) in [5.41, 5.74) is 9.09. The standard InChI is InChI=1S/C17H27N/c1-12-5-8-15(9-6-12)17(4,18)16-10-7-13(2)14(3)11-16/h5-6,8-9,13-14,16H,7,10-11,18H2,1-4H3. The van der Waals surface area contributed by atoms with Crippen LogP contribution in [0.15, 0.2) is 24.3 Å². The second kappa shape index (κ2) is 5.05. The van der Waals surface area contributed by atoms with Gasteiger partial charge < -0.3 is 5.73 Å². The molecule has 1 saturated carbocycles. The Morgan fingerprint density at radius 1 is 1.06 bits per heavy atom. The van der Waals surface area contributed by atoms with Crippen molar-refractivity contribution in [3.8, 4) is 0 Å². The van der Waals surface area contributed by atoms with Gasteiger partial charge in [0.25, 0.3) is 0 Å². The summed E-state index contributed by atoms with van der Waals surface area (Å²) in [5.74, 6) is 2.28. The van der Waals surface area contributed by atoms with Gasteiger partial charge in [-0.25, -0.2) is 0 Å². The zero-order valence-electron chi connectivity index (χ0n) is 12.2. The minimum Gasteiger partial charge on any atom is -0.321 e. The van der Waals surface area contributed by atoms with Crippen LogP contribution in [0.5, 0.6) is 0 Å². The van der Waals surface area contributed by atoms with Gasteiger partial charge >= 0.3 is 0 Å². The van der Waals surface area contributed by atoms with Gasteiger partial charge in [0.05, 0.1) is 0 Å². The Kier molecular flexibility index (Phi) is 3.82. The van der Waals surface area contributed by atoms with Gasteiger partial charge in [-0.15, -0.1) is 0 Å². The molecule has 2 N–H and O–H groups in total. The monoisotopic (exact) mass is 245 g/mol. The van der Waals surface area contributed by atoms with Gasteiger partial charge in [-0.3, -0.25) is 0 Å². The maximum atomic E-state index is 6.67. The Morgan fingerprint density at radius 2 is 1.67 bits per heavy atom. The molecule has 4 atom stereocenters. The molecule has 4 unspecified atom stereocenters. The van der Waals surface area contributed by atoms with Gasteiger partial charge in [0, 0.05) is 5.54 Å². The highest BCUT2D eigenvalue weighted by atomic mass is 14.7. The Labute approximate surface area is 112 Å². The van der Waals surface area contributed by atoms with Gasteiger partial charge in [0.15, 0.2) is 0 Å². The van der Waals surface area contributed by atoms with E-state index in [-0.39, 0.29) is 5.54 Å². The molecule has 1 aliphatic rings. The highest BCUT2D eigenvalue weighted by Gasteiger charge is 2.36. The van der Waals surface area contributed by atoms with Crippen LogP contribution in [0.3, 0.4) is 0 Å². The molecule has 0 radical (unpaired) electrons. The van der Waals surface area contributed by atoms with Crippen LogP contribution in [0.2, 0.25) is 0 Å². The SMILES string of the molecule is Cc1ccc(C(C)(N)C2CCC(C)C(C)C2)cc1. The largest absolute Gasteiger partial charge is 0.321 e. The van der Waals surface area contributed by atoms with Crippen molar-refractivity contribution in [3.05, 3.63) is 35.4 Å². The van der Waals surface area contributed by atoms with Crippen LogP contribution in [0.25, 0.3) is 0 Å². The molecule has 0 spiro atoms. The molecule has 0 aromatic heterocycles.